The minimum Gasteiger partial charge on any atom is -0.291 e. The van der Waals surface area contributed by atoms with Crippen LogP contribution in [0.5, 0.6) is 0 Å². The number of halogens is 3. The molecule has 0 aliphatic heterocycles. The van der Waals surface area contributed by atoms with Crippen molar-refractivity contribution in [3.63, 3.8) is 0 Å². The Hall–Kier alpha value is -1.98. The van der Waals surface area contributed by atoms with Crippen LogP contribution in [0.15, 0.2) is 42.5 Å². The molecule has 2 aromatic rings. The van der Waals surface area contributed by atoms with Gasteiger partial charge in [-0.1, -0.05) is 41.4 Å². The number of nitro groups is 1. The van der Waals surface area contributed by atoms with Crippen molar-refractivity contribution < 1.29 is 14.1 Å². The summed E-state index contributed by atoms with van der Waals surface area (Å²) >= 11 is 10.9. The molecule has 0 unspecified atom stereocenters. The van der Waals surface area contributed by atoms with Gasteiger partial charge in [0.25, 0.3) is 5.69 Å². The Labute approximate surface area is 129 Å². The Bertz CT molecular complexity index is 702. The second-order valence-electron chi connectivity index (χ2n) is 4.16. The maximum Gasteiger partial charge on any atom is 0.277 e. The van der Waals surface area contributed by atoms with E-state index in [1.54, 1.807) is 0 Å². The van der Waals surface area contributed by atoms with Crippen molar-refractivity contribution in [3.05, 3.63) is 64.0 Å². The third-order valence-electron chi connectivity index (χ3n) is 2.83. The van der Waals surface area contributed by atoms with E-state index in [9.17, 15) is 19.3 Å². The zero-order valence-corrected chi connectivity index (χ0v) is 11.9. The molecule has 108 valence electrons. The molecule has 0 atom stereocenters. The predicted molar refractivity (Wildman–Crippen MR) is 78.3 cm³/mol. The molecule has 21 heavy (non-hydrogen) atoms. The summed E-state index contributed by atoms with van der Waals surface area (Å²) < 4.78 is 12.9. The number of alkyl halides is 2. The van der Waals surface area contributed by atoms with Crippen molar-refractivity contribution in [1.82, 2.24) is 0 Å². The fraction of sp³-hybridized carbons (Fsp3) is 0.0714. The summed E-state index contributed by atoms with van der Waals surface area (Å²) in [7, 11) is 0. The number of hydrogen-bond donors (Lipinski definition) is 0. The molecular formula is C14H8Cl2FNO3. The largest absolute Gasteiger partial charge is 0.291 e. The number of carbonyl (C=O) groups is 1. The summed E-state index contributed by atoms with van der Waals surface area (Å²) in [5, 5.41) is 11.2. The molecule has 4 nitrogen and oxygen atoms in total. The van der Waals surface area contributed by atoms with Crippen LogP contribution in [0.1, 0.15) is 10.4 Å². The van der Waals surface area contributed by atoms with Gasteiger partial charge in [0.1, 0.15) is 5.82 Å². The van der Waals surface area contributed by atoms with Gasteiger partial charge in [-0.2, -0.15) is 0 Å². The summed E-state index contributed by atoms with van der Waals surface area (Å²) in [5.74, 6) is -1.06. The summed E-state index contributed by atoms with van der Waals surface area (Å²) in [6, 6.07) is 9.16. The fourth-order valence-electron chi connectivity index (χ4n) is 1.84. The van der Waals surface area contributed by atoms with Crippen LogP contribution in [-0.4, -0.2) is 15.5 Å². The van der Waals surface area contributed by atoms with Gasteiger partial charge in [-0.3, -0.25) is 14.9 Å². The smallest absolute Gasteiger partial charge is 0.277 e. The van der Waals surface area contributed by atoms with Gasteiger partial charge < -0.3 is 0 Å². The van der Waals surface area contributed by atoms with E-state index in [-0.39, 0.29) is 16.8 Å². The highest BCUT2D eigenvalue weighted by Gasteiger charge is 2.21. The second kappa shape index (κ2) is 6.20. The first kappa shape index (κ1) is 15.4. The molecule has 0 fully saturated rings. The molecular weight excluding hydrogens is 320 g/mol. The van der Waals surface area contributed by atoms with E-state index in [4.69, 9.17) is 23.2 Å². The van der Waals surface area contributed by atoms with Gasteiger partial charge >= 0.3 is 0 Å². The molecule has 0 aliphatic rings. The van der Waals surface area contributed by atoms with E-state index in [1.165, 1.54) is 36.4 Å². The van der Waals surface area contributed by atoms with Crippen LogP contribution >= 0.6 is 23.2 Å². The van der Waals surface area contributed by atoms with E-state index < -0.39 is 21.4 Å². The third-order valence-corrected chi connectivity index (χ3v) is 3.23. The van der Waals surface area contributed by atoms with Crippen LogP contribution in [0.4, 0.5) is 10.1 Å². The van der Waals surface area contributed by atoms with E-state index in [0.29, 0.717) is 5.56 Å². The minimum absolute atomic E-state index is 0.0440. The Morgan fingerprint density at radius 1 is 1.14 bits per heavy atom. The van der Waals surface area contributed by atoms with Gasteiger partial charge in [0, 0.05) is 11.6 Å². The van der Waals surface area contributed by atoms with Crippen LogP contribution in [0.2, 0.25) is 0 Å². The molecule has 2 rings (SSSR count). The lowest BCUT2D eigenvalue weighted by Gasteiger charge is -2.06. The zero-order valence-electron chi connectivity index (χ0n) is 10.4. The molecule has 2 aromatic carbocycles. The van der Waals surface area contributed by atoms with Gasteiger partial charge in [0.2, 0.25) is 0 Å². The van der Waals surface area contributed by atoms with Crippen LogP contribution in [-0.2, 0) is 0 Å². The predicted octanol–water partition coefficient (Wildman–Crippen LogP) is 4.39. The van der Waals surface area contributed by atoms with E-state index in [1.807, 2.05) is 0 Å². The SMILES string of the molecule is O=C(c1ccc(-c2ccc(F)cc2)c([N+](=O)[O-])c1)C(Cl)Cl. The average molecular weight is 328 g/mol. The van der Waals surface area contributed by atoms with Crippen molar-refractivity contribution in [3.8, 4) is 11.1 Å². The van der Waals surface area contributed by atoms with Crippen molar-refractivity contribution >= 4 is 34.7 Å². The Balaban J connectivity index is 2.55. The quantitative estimate of drug-likeness (QED) is 0.362. The van der Waals surface area contributed by atoms with Crippen LogP contribution in [0.3, 0.4) is 0 Å². The van der Waals surface area contributed by atoms with Crippen LogP contribution in [0, 0.1) is 15.9 Å². The zero-order chi connectivity index (χ0) is 15.6. The molecule has 0 amide bonds. The lowest BCUT2D eigenvalue weighted by Crippen LogP contribution is -2.08. The molecule has 0 aromatic heterocycles. The number of nitro benzene ring substituents is 1. The summed E-state index contributed by atoms with van der Waals surface area (Å²) in [6.45, 7) is 0. The maximum absolute atomic E-state index is 12.9. The normalized spacial score (nSPS) is 10.7. The molecule has 0 saturated heterocycles. The van der Waals surface area contributed by atoms with E-state index in [0.717, 1.165) is 6.07 Å². The van der Waals surface area contributed by atoms with Gasteiger partial charge in [0.15, 0.2) is 10.6 Å². The van der Waals surface area contributed by atoms with Crippen molar-refractivity contribution in [2.24, 2.45) is 0 Å². The molecule has 7 heteroatoms. The summed E-state index contributed by atoms with van der Waals surface area (Å²) in [4.78, 5) is 20.9. The van der Waals surface area contributed by atoms with Crippen molar-refractivity contribution in [1.29, 1.82) is 0 Å². The Morgan fingerprint density at radius 2 is 1.76 bits per heavy atom. The van der Waals surface area contributed by atoms with E-state index in [2.05, 4.69) is 0 Å². The lowest BCUT2D eigenvalue weighted by atomic mass is 10.0. The fourth-order valence-corrected chi connectivity index (χ4v) is 2.09. The molecule has 0 bridgehead atoms. The van der Waals surface area contributed by atoms with Gasteiger partial charge in [-0.05, 0) is 23.8 Å². The molecule has 0 radical (unpaired) electrons. The van der Waals surface area contributed by atoms with Crippen molar-refractivity contribution in [2.45, 2.75) is 4.84 Å². The number of Topliss-reactive ketones (excluding diaryl/α,β-unsaturated/α-hetero) is 1. The first-order chi connectivity index (χ1) is 9.90. The molecule has 0 heterocycles. The van der Waals surface area contributed by atoms with Crippen LogP contribution in [0.25, 0.3) is 11.1 Å². The number of hydrogen-bond acceptors (Lipinski definition) is 3. The average Bonchev–Trinajstić information content (AvgIpc) is 2.46. The second-order valence-corrected chi connectivity index (χ2v) is 5.26. The number of ketones is 1. The highest BCUT2D eigenvalue weighted by Crippen LogP contribution is 2.31. The van der Waals surface area contributed by atoms with E-state index >= 15 is 0 Å². The topological polar surface area (TPSA) is 60.2 Å². The Morgan fingerprint density at radius 3 is 2.29 bits per heavy atom. The molecule has 0 N–H and O–H groups in total. The maximum atomic E-state index is 12.9. The summed E-state index contributed by atoms with van der Waals surface area (Å²) in [6.07, 6.45) is 0. The highest BCUT2D eigenvalue weighted by atomic mass is 35.5. The standard InChI is InChI=1S/C14H8Cl2FNO3/c15-14(16)13(19)9-3-6-11(12(7-9)18(20)21)8-1-4-10(17)5-2-8/h1-7,14H. The third kappa shape index (κ3) is 3.37. The molecule has 0 saturated carbocycles. The number of nitrogens with zero attached hydrogens (tertiary/aromatic N) is 1. The lowest BCUT2D eigenvalue weighted by molar-refractivity contribution is -0.384. The number of benzene rings is 2. The molecule has 0 spiro atoms. The first-order valence-electron chi connectivity index (χ1n) is 5.77. The summed E-state index contributed by atoms with van der Waals surface area (Å²) in [5.41, 5.74) is 0.511. The van der Waals surface area contributed by atoms with Gasteiger partial charge in [0.05, 0.1) is 10.5 Å². The number of carbonyl (C=O) groups excluding carboxylic acids is 1. The highest BCUT2D eigenvalue weighted by molar-refractivity contribution is 6.55. The van der Waals surface area contributed by atoms with Gasteiger partial charge in [-0.25, -0.2) is 4.39 Å². The monoisotopic (exact) mass is 327 g/mol. The number of rotatable bonds is 4. The van der Waals surface area contributed by atoms with Gasteiger partial charge in [-0.15, -0.1) is 0 Å². The first-order valence-corrected chi connectivity index (χ1v) is 6.64. The van der Waals surface area contributed by atoms with Crippen LogP contribution < -0.4 is 0 Å². The Kier molecular flexibility index (Phi) is 4.55. The molecule has 0 aliphatic carbocycles. The minimum atomic E-state index is -1.29. The van der Waals surface area contributed by atoms with Crippen molar-refractivity contribution in [2.75, 3.05) is 0 Å².